The fourth-order valence-corrected chi connectivity index (χ4v) is 1.42. The summed E-state index contributed by atoms with van der Waals surface area (Å²) in [5, 5.41) is 9.42. The maximum absolute atomic E-state index is 10.4. The Labute approximate surface area is 76.9 Å². The quantitative estimate of drug-likeness (QED) is 0.760. The van der Waals surface area contributed by atoms with Crippen LogP contribution in [-0.2, 0) is 0 Å². The summed E-state index contributed by atoms with van der Waals surface area (Å²) >= 11 is 8.65. The Morgan fingerprint density at radius 1 is 1.55 bits per heavy atom. The fourth-order valence-electron chi connectivity index (χ4n) is 0.666. The first kappa shape index (κ1) is 8.56. The molecule has 0 spiro atoms. The lowest BCUT2D eigenvalue weighted by Gasteiger charge is -2.00. The Morgan fingerprint density at radius 2 is 2.18 bits per heavy atom. The van der Waals surface area contributed by atoms with Crippen molar-refractivity contribution in [3.63, 3.8) is 0 Å². The molecule has 58 valence electrons. The van der Waals surface area contributed by atoms with Gasteiger partial charge in [-0.1, -0.05) is 11.6 Å². The zero-order chi connectivity index (χ0) is 8.43. The highest BCUT2D eigenvalue weighted by Crippen LogP contribution is 2.31. The van der Waals surface area contributed by atoms with E-state index in [1.165, 1.54) is 12.1 Å². The van der Waals surface area contributed by atoms with Crippen LogP contribution in [0.3, 0.4) is 0 Å². The molecule has 0 saturated carbocycles. The summed E-state index contributed by atoms with van der Waals surface area (Å²) in [6.45, 7) is 0. The number of hydrogen-bond donors (Lipinski definition) is 1. The number of phenolic OH excluding ortho intramolecular Hbond substituents is 1. The van der Waals surface area contributed by atoms with Crippen LogP contribution in [0.1, 0.15) is 10.4 Å². The Morgan fingerprint density at radius 3 is 2.64 bits per heavy atom. The van der Waals surface area contributed by atoms with Crippen molar-refractivity contribution in [1.82, 2.24) is 0 Å². The summed E-state index contributed by atoms with van der Waals surface area (Å²) in [6, 6.07) is 2.88. The van der Waals surface area contributed by atoms with Gasteiger partial charge in [-0.15, -0.1) is 0 Å². The summed E-state index contributed by atoms with van der Waals surface area (Å²) in [7, 11) is 0. The van der Waals surface area contributed by atoms with E-state index in [1.807, 2.05) is 0 Å². The van der Waals surface area contributed by atoms with E-state index in [0.29, 0.717) is 15.8 Å². The van der Waals surface area contributed by atoms with E-state index in [0.717, 1.165) is 0 Å². The predicted molar refractivity (Wildman–Crippen MR) is 46.2 cm³/mol. The minimum Gasteiger partial charge on any atom is -0.507 e. The van der Waals surface area contributed by atoms with E-state index in [-0.39, 0.29) is 11.3 Å². The van der Waals surface area contributed by atoms with Gasteiger partial charge in [0.2, 0.25) is 0 Å². The Bertz CT molecular complexity index is 299. The van der Waals surface area contributed by atoms with Crippen molar-refractivity contribution in [1.29, 1.82) is 0 Å². The number of benzene rings is 1. The SMILES string of the molecule is O=Cc1c(Cl)ccc(O)c1Br. The number of rotatable bonds is 1. The zero-order valence-corrected chi connectivity index (χ0v) is 7.69. The summed E-state index contributed by atoms with van der Waals surface area (Å²) in [5.74, 6) is 0.0106. The third kappa shape index (κ3) is 1.54. The van der Waals surface area contributed by atoms with E-state index < -0.39 is 0 Å². The number of aromatic hydroxyl groups is 1. The molecule has 0 aromatic heterocycles. The molecule has 0 aliphatic rings. The molecule has 1 rings (SSSR count). The minimum atomic E-state index is 0.0106. The van der Waals surface area contributed by atoms with Crippen LogP contribution in [-0.4, -0.2) is 11.4 Å². The lowest BCUT2D eigenvalue weighted by Crippen LogP contribution is -1.83. The molecular weight excluding hydrogens is 231 g/mol. The van der Waals surface area contributed by atoms with Crippen LogP contribution in [0.4, 0.5) is 0 Å². The second kappa shape index (κ2) is 3.24. The van der Waals surface area contributed by atoms with E-state index in [4.69, 9.17) is 16.7 Å². The molecule has 1 aromatic rings. The van der Waals surface area contributed by atoms with Crippen molar-refractivity contribution < 1.29 is 9.90 Å². The highest BCUT2D eigenvalue weighted by atomic mass is 79.9. The van der Waals surface area contributed by atoms with Gasteiger partial charge in [-0.25, -0.2) is 0 Å². The van der Waals surface area contributed by atoms with Crippen LogP contribution in [0.2, 0.25) is 5.02 Å². The Hall–Kier alpha value is -0.540. The predicted octanol–water partition coefficient (Wildman–Crippen LogP) is 2.62. The van der Waals surface area contributed by atoms with Gasteiger partial charge in [-0.05, 0) is 28.1 Å². The third-order valence-corrected chi connectivity index (χ3v) is 2.39. The molecule has 0 heterocycles. The second-order valence-electron chi connectivity index (χ2n) is 1.91. The molecule has 1 N–H and O–H groups in total. The molecule has 1 aromatic carbocycles. The monoisotopic (exact) mass is 234 g/mol. The summed E-state index contributed by atoms with van der Waals surface area (Å²) in [6.07, 6.45) is 0.589. The molecule has 2 nitrogen and oxygen atoms in total. The van der Waals surface area contributed by atoms with Gasteiger partial charge in [-0.2, -0.15) is 0 Å². The number of carbonyl (C=O) groups excluding carboxylic acids is 1. The number of phenols is 1. The van der Waals surface area contributed by atoms with Crippen LogP contribution < -0.4 is 0 Å². The van der Waals surface area contributed by atoms with Crippen LogP contribution in [0.5, 0.6) is 5.75 Å². The first-order valence-electron chi connectivity index (χ1n) is 2.79. The molecule has 0 unspecified atom stereocenters. The molecule has 4 heteroatoms. The standard InChI is InChI=1S/C7H4BrClO2/c8-7-4(3-10)5(9)1-2-6(7)11/h1-3,11H. The highest BCUT2D eigenvalue weighted by Gasteiger charge is 2.07. The molecule has 11 heavy (non-hydrogen) atoms. The average molecular weight is 235 g/mol. The molecule has 0 aliphatic heterocycles. The summed E-state index contributed by atoms with van der Waals surface area (Å²) in [5.41, 5.74) is 0.270. The lowest BCUT2D eigenvalue weighted by atomic mass is 10.2. The van der Waals surface area contributed by atoms with E-state index in [1.54, 1.807) is 0 Å². The Kier molecular flexibility index (Phi) is 2.52. The van der Waals surface area contributed by atoms with Crippen LogP contribution in [0, 0.1) is 0 Å². The van der Waals surface area contributed by atoms with E-state index in [2.05, 4.69) is 15.9 Å². The molecule has 0 radical (unpaired) electrons. The molecular formula is C7H4BrClO2. The molecule has 0 bridgehead atoms. The average Bonchev–Trinajstić information content (AvgIpc) is 1.99. The van der Waals surface area contributed by atoms with Crippen molar-refractivity contribution in [2.75, 3.05) is 0 Å². The van der Waals surface area contributed by atoms with Gasteiger partial charge in [0.15, 0.2) is 6.29 Å². The van der Waals surface area contributed by atoms with Crippen LogP contribution in [0.25, 0.3) is 0 Å². The van der Waals surface area contributed by atoms with E-state index >= 15 is 0 Å². The third-order valence-electron chi connectivity index (χ3n) is 1.22. The molecule has 0 saturated heterocycles. The number of halogens is 2. The summed E-state index contributed by atoms with van der Waals surface area (Å²) in [4.78, 5) is 10.4. The maximum atomic E-state index is 10.4. The van der Waals surface area contributed by atoms with Gasteiger partial charge >= 0.3 is 0 Å². The van der Waals surface area contributed by atoms with Crippen molar-refractivity contribution in [2.45, 2.75) is 0 Å². The first-order valence-corrected chi connectivity index (χ1v) is 3.96. The number of carbonyl (C=O) groups is 1. The molecule has 0 atom stereocenters. The largest absolute Gasteiger partial charge is 0.507 e. The van der Waals surface area contributed by atoms with Gasteiger partial charge in [0.25, 0.3) is 0 Å². The number of hydrogen-bond acceptors (Lipinski definition) is 2. The topological polar surface area (TPSA) is 37.3 Å². The maximum Gasteiger partial charge on any atom is 0.152 e. The molecule has 0 amide bonds. The van der Waals surface area contributed by atoms with Crippen LogP contribution >= 0.6 is 27.5 Å². The highest BCUT2D eigenvalue weighted by molar-refractivity contribution is 9.10. The van der Waals surface area contributed by atoms with Gasteiger partial charge < -0.3 is 5.11 Å². The zero-order valence-electron chi connectivity index (χ0n) is 5.34. The van der Waals surface area contributed by atoms with E-state index in [9.17, 15) is 4.79 Å². The van der Waals surface area contributed by atoms with Crippen molar-refractivity contribution in [3.8, 4) is 5.75 Å². The number of aldehydes is 1. The van der Waals surface area contributed by atoms with Crippen LogP contribution in [0.15, 0.2) is 16.6 Å². The lowest BCUT2D eigenvalue weighted by molar-refractivity contribution is 0.112. The van der Waals surface area contributed by atoms with Gasteiger partial charge in [0, 0.05) is 0 Å². The molecule has 0 fully saturated rings. The Balaban J connectivity index is 3.40. The minimum absolute atomic E-state index is 0.0106. The van der Waals surface area contributed by atoms with Crippen molar-refractivity contribution in [2.24, 2.45) is 0 Å². The van der Waals surface area contributed by atoms with Crippen molar-refractivity contribution in [3.05, 3.63) is 27.2 Å². The smallest absolute Gasteiger partial charge is 0.152 e. The van der Waals surface area contributed by atoms with Gasteiger partial charge in [0.1, 0.15) is 5.75 Å². The summed E-state index contributed by atoms with van der Waals surface area (Å²) < 4.78 is 0.333. The normalized spacial score (nSPS) is 9.64. The van der Waals surface area contributed by atoms with Gasteiger partial charge in [-0.3, -0.25) is 4.79 Å². The van der Waals surface area contributed by atoms with Crippen molar-refractivity contribution >= 4 is 33.8 Å². The fraction of sp³-hybridized carbons (Fsp3) is 0. The van der Waals surface area contributed by atoms with Gasteiger partial charge in [0.05, 0.1) is 15.1 Å². The molecule has 0 aliphatic carbocycles. The first-order chi connectivity index (χ1) is 5.16. The second-order valence-corrected chi connectivity index (χ2v) is 3.11.